The van der Waals surface area contributed by atoms with Crippen molar-refractivity contribution >= 4 is 5.97 Å². The molecule has 0 aromatic rings. The molecular weight excluding hydrogens is 380 g/mol. The Morgan fingerprint density at radius 2 is 1.80 bits per heavy atom. The van der Waals surface area contributed by atoms with Crippen LogP contribution in [0.2, 0.25) is 0 Å². The van der Waals surface area contributed by atoms with Crippen molar-refractivity contribution in [3.8, 4) is 0 Å². The molecule has 4 aliphatic rings. The zero-order valence-electron chi connectivity index (χ0n) is 19.2. The van der Waals surface area contributed by atoms with E-state index in [1.165, 1.54) is 7.11 Å². The molecule has 172 valence electrons. The van der Waals surface area contributed by atoms with Crippen molar-refractivity contribution in [3.63, 3.8) is 0 Å². The third kappa shape index (κ3) is 3.34. The highest BCUT2D eigenvalue weighted by Crippen LogP contribution is 2.68. The normalized spacial score (nSPS) is 51.4. The van der Waals surface area contributed by atoms with Crippen molar-refractivity contribution in [2.45, 2.75) is 96.9 Å². The van der Waals surface area contributed by atoms with E-state index in [1.54, 1.807) is 0 Å². The first-order valence-electron chi connectivity index (χ1n) is 12.2. The van der Waals surface area contributed by atoms with Crippen LogP contribution in [0.3, 0.4) is 0 Å². The molecule has 0 bridgehead atoms. The molecule has 0 spiro atoms. The van der Waals surface area contributed by atoms with Crippen LogP contribution in [-0.4, -0.2) is 46.7 Å². The van der Waals surface area contributed by atoms with Gasteiger partial charge in [0.05, 0.1) is 25.4 Å². The largest absolute Gasteiger partial charge is 0.469 e. The lowest BCUT2D eigenvalue weighted by Crippen LogP contribution is -2.62. The van der Waals surface area contributed by atoms with Gasteiger partial charge in [0.2, 0.25) is 0 Å². The molecule has 5 heteroatoms. The summed E-state index contributed by atoms with van der Waals surface area (Å²) in [4.78, 5) is 11.7. The summed E-state index contributed by atoms with van der Waals surface area (Å²) in [6, 6.07) is 0. The Hall–Kier alpha value is -0.650. The van der Waals surface area contributed by atoms with Crippen molar-refractivity contribution < 1.29 is 24.9 Å². The van der Waals surface area contributed by atoms with E-state index >= 15 is 0 Å². The molecular formula is C25H42O5. The van der Waals surface area contributed by atoms with Crippen LogP contribution in [0.1, 0.15) is 78.6 Å². The average Bonchev–Trinajstić information content (AvgIpc) is 3.06. The van der Waals surface area contributed by atoms with Crippen LogP contribution in [0.5, 0.6) is 0 Å². The van der Waals surface area contributed by atoms with Crippen molar-refractivity contribution in [2.75, 3.05) is 7.11 Å². The minimum absolute atomic E-state index is 0.111. The lowest BCUT2D eigenvalue weighted by Gasteiger charge is -2.63. The number of ether oxygens (including phenoxy) is 1. The Morgan fingerprint density at radius 1 is 1.07 bits per heavy atom. The zero-order valence-corrected chi connectivity index (χ0v) is 19.2. The topological polar surface area (TPSA) is 87.0 Å². The number of aliphatic hydroxyl groups excluding tert-OH is 3. The SMILES string of the molecule is COC(=O)CC[C@@H](C)[C@H]1CC[C@@H]2[C@@H]3[C@H](O)C[C@@H]4C[C@H](O)CC[C@]4(C)[C@H]3C[C@H](O)[C@@]21C. The van der Waals surface area contributed by atoms with E-state index in [9.17, 15) is 20.1 Å². The van der Waals surface area contributed by atoms with Gasteiger partial charge < -0.3 is 20.1 Å². The predicted molar refractivity (Wildman–Crippen MR) is 114 cm³/mol. The lowest BCUT2D eigenvalue weighted by atomic mass is 9.43. The van der Waals surface area contributed by atoms with E-state index in [0.29, 0.717) is 36.0 Å². The summed E-state index contributed by atoms with van der Waals surface area (Å²) < 4.78 is 4.83. The molecule has 4 aliphatic carbocycles. The molecule has 30 heavy (non-hydrogen) atoms. The van der Waals surface area contributed by atoms with E-state index in [2.05, 4.69) is 20.8 Å². The molecule has 0 radical (unpaired) electrons. The molecule has 0 aliphatic heterocycles. The summed E-state index contributed by atoms with van der Waals surface area (Å²) >= 11 is 0. The number of hydrogen-bond acceptors (Lipinski definition) is 5. The molecule has 0 saturated heterocycles. The number of carbonyl (C=O) groups is 1. The van der Waals surface area contributed by atoms with E-state index in [1.807, 2.05) is 0 Å². The highest BCUT2D eigenvalue weighted by molar-refractivity contribution is 5.69. The second-order valence-electron chi connectivity index (χ2n) is 11.6. The molecule has 0 aromatic carbocycles. The van der Waals surface area contributed by atoms with E-state index in [0.717, 1.165) is 51.4 Å². The predicted octanol–water partition coefficient (Wildman–Crippen LogP) is 3.54. The van der Waals surface area contributed by atoms with Gasteiger partial charge in [-0.25, -0.2) is 0 Å². The molecule has 0 heterocycles. The number of hydrogen-bond donors (Lipinski definition) is 3. The smallest absolute Gasteiger partial charge is 0.305 e. The lowest BCUT2D eigenvalue weighted by molar-refractivity contribution is -0.207. The van der Waals surface area contributed by atoms with Gasteiger partial charge >= 0.3 is 5.97 Å². The highest BCUT2D eigenvalue weighted by atomic mass is 16.5. The highest BCUT2D eigenvalue weighted by Gasteiger charge is 2.65. The minimum atomic E-state index is -0.369. The summed E-state index contributed by atoms with van der Waals surface area (Å²) in [5.41, 5.74) is -0.0882. The van der Waals surface area contributed by atoms with Gasteiger partial charge in [0.1, 0.15) is 0 Å². The van der Waals surface area contributed by atoms with Gasteiger partial charge in [0.25, 0.3) is 0 Å². The third-order valence-corrected chi connectivity index (χ3v) is 10.6. The van der Waals surface area contributed by atoms with Crippen LogP contribution in [0.25, 0.3) is 0 Å². The monoisotopic (exact) mass is 422 g/mol. The van der Waals surface area contributed by atoms with Gasteiger partial charge in [-0.3, -0.25) is 4.79 Å². The molecule has 0 aromatic heterocycles. The number of esters is 1. The second kappa shape index (κ2) is 8.04. The summed E-state index contributed by atoms with van der Waals surface area (Å²) in [5.74, 6) is 1.81. The van der Waals surface area contributed by atoms with Gasteiger partial charge in [-0.15, -0.1) is 0 Å². The zero-order chi connectivity index (χ0) is 21.8. The van der Waals surface area contributed by atoms with Gasteiger partial charge in [-0.2, -0.15) is 0 Å². The van der Waals surface area contributed by atoms with Crippen molar-refractivity contribution in [1.29, 1.82) is 0 Å². The summed E-state index contributed by atoms with van der Waals surface area (Å²) in [5, 5.41) is 33.1. The quantitative estimate of drug-likeness (QED) is 0.603. The van der Waals surface area contributed by atoms with Crippen molar-refractivity contribution in [1.82, 2.24) is 0 Å². The first kappa shape index (κ1) is 22.5. The third-order valence-electron chi connectivity index (χ3n) is 10.6. The Morgan fingerprint density at radius 3 is 2.50 bits per heavy atom. The molecule has 3 N–H and O–H groups in total. The molecule has 11 atom stereocenters. The molecule has 4 fully saturated rings. The Balaban J connectivity index is 1.58. The van der Waals surface area contributed by atoms with Gasteiger partial charge in [0.15, 0.2) is 0 Å². The Labute approximate surface area is 181 Å². The van der Waals surface area contributed by atoms with Crippen LogP contribution >= 0.6 is 0 Å². The van der Waals surface area contributed by atoms with Crippen LogP contribution in [-0.2, 0) is 9.53 Å². The first-order valence-corrected chi connectivity index (χ1v) is 12.2. The number of rotatable bonds is 4. The van der Waals surface area contributed by atoms with Crippen molar-refractivity contribution in [3.05, 3.63) is 0 Å². The van der Waals surface area contributed by atoms with Crippen LogP contribution in [0.15, 0.2) is 0 Å². The summed E-state index contributed by atoms with van der Waals surface area (Å²) in [6.45, 7) is 6.85. The minimum Gasteiger partial charge on any atom is -0.469 e. The molecule has 0 unspecified atom stereocenters. The maximum atomic E-state index is 11.7. The summed E-state index contributed by atoms with van der Waals surface area (Å²) in [7, 11) is 1.44. The van der Waals surface area contributed by atoms with Gasteiger partial charge in [-0.05, 0) is 97.7 Å². The second-order valence-corrected chi connectivity index (χ2v) is 11.6. The number of methoxy groups -OCH3 is 1. The Kier molecular flexibility index (Phi) is 6.04. The molecule has 5 nitrogen and oxygen atoms in total. The first-order chi connectivity index (χ1) is 14.1. The van der Waals surface area contributed by atoms with Crippen LogP contribution < -0.4 is 0 Å². The van der Waals surface area contributed by atoms with Gasteiger partial charge in [0, 0.05) is 6.42 Å². The van der Waals surface area contributed by atoms with E-state index < -0.39 is 0 Å². The molecule has 4 rings (SSSR count). The number of fused-ring (bicyclic) bond motifs is 5. The Bertz CT molecular complexity index is 651. The van der Waals surface area contributed by atoms with E-state index in [4.69, 9.17) is 4.74 Å². The fourth-order valence-electron chi connectivity index (χ4n) is 8.78. The summed E-state index contributed by atoms with van der Waals surface area (Å²) in [6.07, 6.45) is 6.60. The maximum Gasteiger partial charge on any atom is 0.305 e. The van der Waals surface area contributed by atoms with Crippen LogP contribution in [0, 0.1) is 46.3 Å². The van der Waals surface area contributed by atoms with E-state index in [-0.39, 0.29) is 41.0 Å². The average molecular weight is 423 g/mol. The number of carbonyl (C=O) groups excluding carboxylic acids is 1. The molecule has 0 amide bonds. The van der Waals surface area contributed by atoms with Crippen molar-refractivity contribution in [2.24, 2.45) is 46.3 Å². The molecule has 4 saturated carbocycles. The van der Waals surface area contributed by atoms with Crippen LogP contribution in [0.4, 0.5) is 0 Å². The standard InChI is InChI=1S/C25H42O5/c1-14(5-8-22(29)30-4)17-6-7-18-23-19(13-21(28)25(17,18)3)24(2)10-9-16(26)11-15(24)12-20(23)27/h14-21,23,26-28H,5-13H2,1-4H3/t14-,15+,16-,17-,18-,19+,20-,21+,23+,24+,25-/m1/s1. The maximum absolute atomic E-state index is 11.7. The fourth-order valence-corrected chi connectivity index (χ4v) is 8.78. The fraction of sp³-hybridized carbons (Fsp3) is 0.960. The van der Waals surface area contributed by atoms with Gasteiger partial charge in [-0.1, -0.05) is 20.8 Å². The number of aliphatic hydroxyl groups is 3.